The molecule has 17 heavy (non-hydrogen) atoms. The molecule has 2 nitrogen and oxygen atoms in total. The van der Waals surface area contributed by atoms with Crippen LogP contribution in [0.3, 0.4) is 0 Å². The van der Waals surface area contributed by atoms with E-state index in [1.165, 1.54) is 37.7 Å². The molecule has 96 valence electrons. The van der Waals surface area contributed by atoms with Crippen LogP contribution in [0.25, 0.3) is 0 Å². The maximum atomic E-state index is 5.36. The van der Waals surface area contributed by atoms with Crippen LogP contribution < -0.4 is 10.1 Å². The molecule has 0 aliphatic heterocycles. The molecule has 0 heterocycles. The Bertz CT molecular complexity index is 323. The first-order valence-electron chi connectivity index (χ1n) is 6.66. The van der Waals surface area contributed by atoms with E-state index < -0.39 is 0 Å². The average Bonchev–Trinajstić information content (AvgIpc) is 2.35. The smallest absolute Gasteiger partial charge is 0.142 e. The van der Waals surface area contributed by atoms with Crippen molar-refractivity contribution in [3.63, 3.8) is 0 Å². The van der Waals surface area contributed by atoms with Gasteiger partial charge in [-0.05, 0) is 31.0 Å². The number of ether oxygens (including phenoxy) is 1. The fourth-order valence-electron chi connectivity index (χ4n) is 1.90. The third kappa shape index (κ3) is 5.12. The van der Waals surface area contributed by atoms with Crippen molar-refractivity contribution >= 4 is 5.69 Å². The molecule has 0 aromatic heterocycles. The van der Waals surface area contributed by atoms with Gasteiger partial charge in [0.2, 0.25) is 0 Å². The number of nitrogens with one attached hydrogen (secondary N) is 1. The molecule has 0 unspecified atom stereocenters. The Morgan fingerprint density at radius 3 is 2.59 bits per heavy atom. The number of methoxy groups -OCH3 is 1. The molecule has 0 spiro atoms. The highest BCUT2D eigenvalue weighted by molar-refractivity contribution is 5.57. The average molecular weight is 235 g/mol. The van der Waals surface area contributed by atoms with E-state index in [9.17, 15) is 0 Å². The molecule has 0 saturated carbocycles. The Morgan fingerprint density at radius 2 is 1.88 bits per heavy atom. The van der Waals surface area contributed by atoms with E-state index in [0.29, 0.717) is 0 Å². The van der Waals surface area contributed by atoms with Gasteiger partial charge in [-0.25, -0.2) is 0 Å². The van der Waals surface area contributed by atoms with E-state index in [-0.39, 0.29) is 0 Å². The van der Waals surface area contributed by atoms with Gasteiger partial charge < -0.3 is 10.1 Å². The van der Waals surface area contributed by atoms with Gasteiger partial charge in [0.15, 0.2) is 0 Å². The van der Waals surface area contributed by atoms with Crippen molar-refractivity contribution in [2.75, 3.05) is 19.0 Å². The van der Waals surface area contributed by atoms with Gasteiger partial charge >= 0.3 is 0 Å². The molecule has 0 aliphatic carbocycles. The molecule has 1 N–H and O–H groups in total. The summed E-state index contributed by atoms with van der Waals surface area (Å²) in [7, 11) is 1.72. The van der Waals surface area contributed by atoms with Crippen molar-refractivity contribution in [2.24, 2.45) is 0 Å². The fourth-order valence-corrected chi connectivity index (χ4v) is 1.90. The maximum absolute atomic E-state index is 5.36. The summed E-state index contributed by atoms with van der Waals surface area (Å²) >= 11 is 0. The van der Waals surface area contributed by atoms with Gasteiger partial charge in [0, 0.05) is 6.54 Å². The zero-order valence-electron chi connectivity index (χ0n) is 11.4. The van der Waals surface area contributed by atoms with Crippen LogP contribution in [0, 0.1) is 6.92 Å². The molecule has 0 fully saturated rings. The predicted molar refractivity (Wildman–Crippen MR) is 75.0 cm³/mol. The van der Waals surface area contributed by atoms with E-state index >= 15 is 0 Å². The molecule has 1 rings (SSSR count). The molecule has 0 bridgehead atoms. The van der Waals surface area contributed by atoms with Gasteiger partial charge in [0.25, 0.3) is 0 Å². The van der Waals surface area contributed by atoms with Crippen molar-refractivity contribution in [3.05, 3.63) is 23.8 Å². The van der Waals surface area contributed by atoms with Gasteiger partial charge in [-0.1, -0.05) is 38.7 Å². The van der Waals surface area contributed by atoms with Crippen molar-refractivity contribution in [3.8, 4) is 5.75 Å². The lowest BCUT2D eigenvalue weighted by Crippen LogP contribution is -2.03. The largest absolute Gasteiger partial charge is 0.495 e. The first-order valence-corrected chi connectivity index (χ1v) is 6.66. The van der Waals surface area contributed by atoms with Gasteiger partial charge in [0.1, 0.15) is 5.75 Å². The van der Waals surface area contributed by atoms with Crippen molar-refractivity contribution < 1.29 is 4.74 Å². The first-order chi connectivity index (χ1) is 8.27. The van der Waals surface area contributed by atoms with E-state index in [1.54, 1.807) is 7.11 Å². The number of benzene rings is 1. The van der Waals surface area contributed by atoms with Crippen LogP contribution in [0.15, 0.2) is 18.2 Å². The topological polar surface area (TPSA) is 21.3 Å². The molecule has 0 radical (unpaired) electrons. The number of unbranched alkanes of at least 4 members (excludes halogenated alkanes) is 4. The minimum Gasteiger partial charge on any atom is -0.495 e. The maximum Gasteiger partial charge on any atom is 0.142 e. The second-order valence-corrected chi connectivity index (χ2v) is 4.54. The van der Waals surface area contributed by atoms with E-state index in [2.05, 4.69) is 37.4 Å². The van der Waals surface area contributed by atoms with Crippen LogP contribution in [-0.2, 0) is 0 Å². The Hall–Kier alpha value is -1.18. The minimum atomic E-state index is 0.943. The fraction of sp³-hybridized carbons (Fsp3) is 0.600. The molecule has 0 atom stereocenters. The van der Waals surface area contributed by atoms with Crippen LogP contribution in [0.4, 0.5) is 5.69 Å². The van der Waals surface area contributed by atoms with Crippen LogP contribution >= 0.6 is 0 Å². The highest BCUT2D eigenvalue weighted by Gasteiger charge is 2.01. The van der Waals surface area contributed by atoms with Crippen LogP contribution in [0.1, 0.15) is 44.6 Å². The normalized spacial score (nSPS) is 10.3. The van der Waals surface area contributed by atoms with Gasteiger partial charge in [-0.3, -0.25) is 0 Å². The zero-order chi connectivity index (χ0) is 12.5. The van der Waals surface area contributed by atoms with Crippen LogP contribution in [0.2, 0.25) is 0 Å². The molecule has 2 heteroatoms. The van der Waals surface area contributed by atoms with Crippen LogP contribution in [-0.4, -0.2) is 13.7 Å². The summed E-state index contributed by atoms with van der Waals surface area (Å²) in [6.07, 6.45) is 6.56. The van der Waals surface area contributed by atoms with Gasteiger partial charge in [-0.15, -0.1) is 0 Å². The quantitative estimate of drug-likeness (QED) is 0.675. The van der Waals surface area contributed by atoms with Crippen molar-refractivity contribution in [1.29, 1.82) is 0 Å². The first kappa shape index (κ1) is 13.9. The summed E-state index contributed by atoms with van der Waals surface area (Å²) < 4.78 is 5.36. The summed E-state index contributed by atoms with van der Waals surface area (Å²) in [5.74, 6) is 0.943. The van der Waals surface area contributed by atoms with Gasteiger partial charge in [-0.2, -0.15) is 0 Å². The number of hydrogen-bond acceptors (Lipinski definition) is 2. The second-order valence-electron chi connectivity index (χ2n) is 4.54. The third-order valence-electron chi connectivity index (χ3n) is 2.95. The third-order valence-corrected chi connectivity index (χ3v) is 2.95. The monoisotopic (exact) mass is 235 g/mol. The van der Waals surface area contributed by atoms with Gasteiger partial charge in [0.05, 0.1) is 12.8 Å². The number of anilines is 1. The lowest BCUT2D eigenvalue weighted by atomic mass is 10.1. The summed E-state index contributed by atoms with van der Waals surface area (Å²) in [4.78, 5) is 0. The van der Waals surface area contributed by atoms with Crippen molar-refractivity contribution in [2.45, 2.75) is 46.0 Å². The Kier molecular flexibility index (Phi) is 6.53. The molecule has 0 aliphatic rings. The number of aryl methyl sites for hydroxylation is 1. The molecule has 0 amide bonds. The molecule has 1 aromatic carbocycles. The Balaban J connectivity index is 2.31. The molecular formula is C15H25NO. The second kappa shape index (κ2) is 7.99. The minimum absolute atomic E-state index is 0.943. The molecular weight excluding hydrogens is 210 g/mol. The van der Waals surface area contributed by atoms with E-state index in [4.69, 9.17) is 4.74 Å². The Labute approximate surface area is 105 Å². The lowest BCUT2D eigenvalue weighted by molar-refractivity contribution is 0.416. The summed E-state index contributed by atoms with van der Waals surface area (Å²) in [6, 6.07) is 6.28. The number of hydrogen-bond donors (Lipinski definition) is 1. The number of rotatable bonds is 8. The highest BCUT2D eigenvalue weighted by atomic mass is 16.5. The lowest BCUT2D eigenvalue weighted by Gasteiger charge is -2.11. The summed E-state index contributed by atoms with van der Waals surface area (Å²) in [5, 5.41) is 3.44. The van der Waals surface area contributed by atoms with Crippen LogP contribution in [0.5, 0.6) is 5.75 Å². The van der Waals surface area contributed by atoms with E-state index in [0.717, 1.165) is 18.0 Å². The molecule has 1 aromatic rings. The predicted octanol–water partition coefficient (Wildman–Crippen LogP) is 4.39. The summed E-state index contributed by atoms with van der Waals surface area (Å²) in [6.45, 7) is 5.36. The highest BCUT2D eigenvalue weighted by Crippen LogP contribution is 2.25. The zero-order valence-corrected chi connectivity index (χ0v) is 11.4. The van der Waals surface area contributed by atoms with E-state index in [1.807, 2.05) is 0 Å². The SMILES string of the molecule is CCCCCCCNc1ccc(C)cc1OC. The van der Waals surface area contributed by atoms with Crippen molar-refractivity contribution in [1.82, 2.24) is 0 Å². The summed E-state index contributed by atoms with van der Waals surface area (Å²) in [5.41, 5.74) is 2.34. The standard InChI is InChI=1S/C15H25NO/c1-4-5-6-7-8-11-16-14-10-9-13(2)12-15(14)17-3/h9-10,12,16H,4-8,11H2,1-3H3. The molecule has 0 saturated heterocycles. The Morgan fingerprint density at radius 1 is 1.12 bits per heavy atom.